The molecule has 3 rings (SSSR count). The number of nitrogens with zero attached hydrogens (tertiary/aromatic N) is 1. The molecule has 1 heterocycles. The Kier molecular flexibility index (Phi) is 5.61. The maximum Gasteiger partial charge on any atom is 0.0124 e. The molecule has 21 heavy (non-hydrogen) atoms. The van der Waals surface area contributed by atoms with Crippen LogP contribution in [0.2, 0.25) is 0 Å². The van der Waals surface area contributed by atoms with Crippen molar-refractivity contribution in [3.05, 3.63) is 0 Å². The molecule has 0 bridgehead atoms. The molecule has 0 spiro atoms. The monoisotopic (exact) mass is 292 g/mol. The van der Waals surface area contributed by atoms with E-state index in [-0.39, 0.29) is 0 Å². The molecule has 0 radical (unpaired) electrons. The molecule has 1 saturated heterocycles. The predicted octanol–water partition coefficient (Wildman–Crippen LogP) is 4.20. The van der Waals surface area contributed by atoms with E-state index in [1.54, 1.807) is 0 Å². The van der Waals surface area contributed by atoms with Crippen molar-refractivity contribution in [2.24, 2.45) is 11.3 Å². The van der Waals surface area contributed by atoms with E-state index in [1.165, 1.54) is 90.3 Å². The van der Waals surface area contributed by atoms with Gasteiger partial charge in [0.25, 0.3) is 0 Å². The van der Waals surface area contributed by atoms with Gasteiger partial charge in [-0.25, -0.2) is 0 Å². The first-order chi connectivity index (χ1) is 10.3. The van der Waals surface area contributed by atoms with Gasteiger partial charge in [0.05, 0.1) is 0 Å². The Morgan fingerprint density at radius 1 is 0.952 bits per heavy atom. The van der Waals surface area contributed by atoms with E-state index in [1.807, 2.05) is 0 Å². The van der Waals surface area contributed by atoms with Crippen LogP contribution < -0.4 is 5.32 Å². The van der Waals surface area contributed by atoms with Crippen LogP contribution in [0.1, 0.15) is 77.6 Å². The summed E-state index contributed by atoms with van der Waals surface area (Å²) in [6, 6.07) is 0.938. The van der Waals surface area contributed by atoms with Gasteiger partial charge in [-0.05, 0) is 62.9 Å². The lowest BCUT2D eigenvalue weighted by molar-refractivity contribution is 0.0106. The molecule has 0 aromatic carbocycles. The molecular weight excluding hydrogens is 256 g/mol. The summed E-state index contributed by atoms with van der Waals surface area (Å²) in [6.07, 6.45) is 16.3. The van der Waals surface area contributed by atoms with Crippen LogP contribution in [0.15, 0.2) is 0 Å². The minimum absolute atomic E-state index is 0.591. The summed E-state index contributed by atoms with van der Waals surface area (Å²) < 4.78 is 0. The molecule has 2 atom stereocenters. The lowest BCUT2D eigenvalue weighted by Gasteiger charge is -2.49. The molecule has 2 saturated carbocycles. The number of fused-ring (bicyclic) bond motifs is 1. The Morgan fingerprint density at radius 3 is 2.52 bits per heavy atom. The Balaban J connectivity index is 1.65. The van der Waals surface area contributed by atoms with Gasteiger partial charge in [-0.1, -0.05) is 39.0 Å². The molecule has 0 amide bonds. The number of nitrogens with one attached hydrogen (secondary N) is 1. The number of hydrogen-bond donors (Lipinski definition) is 1. The van der Waals surface area contributed by atoms with Gasteiger partial charge in [0.15, 0.2) is 0 Å². The SMILES string of the molecule is CCNCC1(CN2CCC[C@H]3CCCC[C@H]32)CCCCC1. The quantitative estimate of drug-likeness (QED) is 0.817. The van der Waals surface area contributed by atoms with Gasteiger partial charge in [-0.2, -0.15) is 0 Å². The molecule has 2 nitrogen and oxygen atoms in total. The summed E-state index contributed by atoms with van der Waals surface area (Å²) in [7, 11) is 0. The van der Waals surface area contributed by atoms with E-state index in [0.717, 1.165) is 18.5 Å². The Morgan fingerprint density at radius 2 is 1.71 bits per heavy atom. The normalized spacial score (nSPS) is 33.6. The Hall–Kier alpha value is -0.0800. The second-order valence-corrected chi connectivity index (χ2v) is 8.07. The van der Waals surface area contributed by atoms with Crippen LogP contribution in [0.4, 0.5) is 0 Å². The molecule has 3 aliphatic rings. The number of likely N-dealkylation sites (tertiary alicyclic amines) is 1. The zero-order chi connectivity index (χ0) is 14.5. The van der Waals surface area contributed by atoms with Crippen LogP contribution >= 0.6 is 0 Å². The molecular formula is C19H36N2. The largest absolute Gasteiger partial charge is 0.316 e. The highest BCUT2D eigenvalue weighted by Crippen LogP contribution is 2.41. The highest BCUT2D eigenvalue weighted by Gasteiger charge is 2.39. The third-order valence-electron chi connectivity index (χ3n) is 6.56. The van der Waals surface area contributed by atoms with Gasteiger partial charge in [-0.3, -0.25) is 4.90 Å². The number of piperidine rings is 1. The lowest BCUT2D eigenvalue weighted by atomic mass is 9.71. The second kappa shape index (κ2) is 7.46. The van der Waals surface area contributed by atoms with Crippen molar-refractivity contribution in [3.8, 4) is 0 Å². The van der Waals surface area contributed by atoms with Crippen molar-refractivity contribution in [2.75, 3.05) is 26.2 Å². The van der Waals surface area contributed by atoms with E-state index in [0.29, 0.717) is 5.41 Å². The molecule has 2 heteroatoms. The van der Waals surface area contributed by atoms with Crippen molar-refractivity contribution >= 4 is 0 Å². The second-order valence-electron chi connectivity index (χ2n) is 8.07. The number of hydrogen-bond acceptors (Lipinski definition) is 2. The van der Waals surface area contributed by atoms with Gasteiger partial charge < -0.3 is 5.32 Å². The summed E-state index contributed by atoms with van der Waals surface area (Å²) in [4.78, 5) is 2.94. The lowest BCUT2D eigenvalue weighted by Crippen LogP contribution is -2.53. The topological polar surface area (TPSA) is 15.3 Å². The predicted molar refractivity (Wildman–Crippen MR) is 90.6 cm³/mol. The maximum atomic E-state index is 3.69. The van der Waals surface area contributed by atoms with Crippen LogP contribution in [0.3, 0.4) is 0 Å². The fourth-order valence-electron chi connectivity index (χ4n) is 5.44. The third-order valence-corrected chi connectivity index (χ3v) is 6.56. The summed E-state index contributed by atoms with van der Waals surface area (Å²) in [5.74, 6) is 1.03. The van der Waals surface area contributed by atoms with E-state index in [9.17, 15) is 0 Å². The van der Waals surface area contributed by atoms with Gasteiger partial charge >= 0.3 is 0 Å². The highest BCUT2D eigenvalue weighted by atomic mass is 15.2. The van der Waals surface area contributed by atoms with E-state index < -0.39 is 0 Å². The summed E-state index contributed by atoms with van der Waals surface area (Å²) in [6.45, 7) is 7.43. The van der Waals surface area contributed by atoms with E-state index in [4.69, 9.17) is 0 Å². The highest BCUT2D eigenvalue weighted by molar-refractivity contribution is 4.93. The summed E-state index contributed by atoms with van der Waals surface area (Å²) >= 11 is 0. The average molecular weight is 293 g/mol. The summed E-state index contributed by atoms with van der Waals surface area (Å²) in [5.41, 5.74) is 0.591. The fourth-order valence-corrected chi connectivity index (χ4v) is 5.44. The van der Waals surface area contributed by atoms with Crippen molar-refractivity contribution in [1.82, 2.24) is 10.2 Å². The molecule has 0 unspecified atom stereocenters. The minimum Gasteiger partial charge on any atom is -0.316 e. The van der Waals surface area contributed by atoms with Gasteiger partial charge in [0, 0.05) is 19.1 Å². The van der Waals surface area contributed by atoms with Crippen LogP contribution in [-0.2, 0) is 0 Å². The van der Waals surface area contributed by atoms with Crippen LogP contribution in [0, 0.1) is 11.3 Å². The zero-order valence-corrected chi connectivity index (χ0v) is 14.2. The van der Waals surface area contributed by atoms with Gasteiger partial charge in [0.2, 0.25) is 0 Å². The smallest absolute Gasteiger partial charge is 0.0124 e. The molecule has 122 valence electrons. The van der Waals surface area contributed by atoms with Crippen molar-refractivity contribution in [3.63, 3.8) is 0 Å². The van der Waals surface area contributed by atoms with Gasteiger partial charge in [0.1, 0.15) is 0 Å². The zero-order valence-electron chi connectivity index (χ0n) is 14.2. The molecule has 3 fully saturated rings. The average Bonchev–Trinajstić information content (AvgIpc) is 2.54. The number of rotatable bonds is 5. The molecule has 0 aromatic heterocycles. The van der Waals surface area contributed by atoms with Crippen LogP contribution in [-0.4, -0.2) is 37.1 Å². The first-order valence-corrected chi connectivity index (χ1v) is 9.78. The molecule has 1 aliphatic heterocycles. The van der Waals surface area contributed by atoms with E-state index >= 15 is 0 Å². The maximum absolute atomic E-state index is 3.69. The molecule has 2 aliphatic carbocycles. The van der Waals surface area contributed by atoms with Crippen LogP contribution in [0.25, 0.3) is 0 Å². The standard InChI is InChI=1S/C19H36N2/c1-2-20-15-19(12-6-3-7-13-19)16-21-14-8-10-17-9-4-5-11-18(17)21/h17-18,20H,2-16H2,1H3/t17-,18-/m1/s1. The van der Waals surface area contributed by atoms with Gasteiger partial charge in [-0.15, -0.1) is 0 Å². The third kappa shape index (κ3) is 3.82. The first-order valence-electron chi connectivity index (χ1n) is 9.78. The first kappa shape index (κ1) is 15.8. The fraction of sp³-hybridized carbons (Fsp3) is 1.00. The summed E-state index contributed by atoms with van der Waals surface area (Å²) in [5, 5.41) is 3.69. The Labute approximate surface area is 132 Å². The van der Waals surface area contributed by atoms with E-state index in [2.05, 4.69) is 17.1 Å². The molecule has 0 aromatic rings. The van der Waals surface area contributed by atoms with Crippen molar-refractivity contribution in [1.29, 1.82) is 0 Å². The van der Waals surface area contributed by atoms with Crippen LogP contribution in [0.5, 0.6) is 0 Å². The minimum atomic E-state index is 0.591. The van der Waals surface area contributed by atoms with Crippen molar-refractivity contribution < 1.29 is 0 Å². The molecule has 1 N–H and O–H groups in total. The van der Waals surface area contributed by atoms with Crippen molar-refractivity contribution in [2.45, 2.75) is 83.6 Å². The Bertz CT molecular complexity index is 307.